The van der Waals surface area contributed by atoms with Crippen molar-refractivity contribution in [2.24, 2.45) is 0 Å². The van der Waals surface area contributed by atoms with Gasteiger partial charge in [-0.25, -0.2) is 0 Å². The van der Waals surface area contributed by atoms with Crippen molar-refractivity contribution < 1.29 is 0 Å². The first-order chi connectivity index (χ1) is 12.4. The van der Waals surface area contributed by atoms with Gasteiger partial charge in [0.1, 0.15) is 0 Å². The molecule has 1 unspecified atom stereocenters. The van der Waals surface area contributed by atoms with Crippen LogP contribution in [0.25, 0.3) is 16.7 Å². The standard InChI is InChI=1S/C23H22N2/c1-3-7-18(8-4-1)20-11-13-24-22(15-20)17-23-16-21(12-14-25-23)19-9-5-2-6-10-19/h1-13,15,23,25H,14,16-17H2. The lowest BCUT2D eigenvalue weighted by atomic mass is 9.92. The molecule has 2 heteroatoms. The highest BCUT2D eigenvalue weighted by atomic mass is 14.9. The first-order valence-electron chi connectivity index (χ1n) is 8.87. The minimum Gasteiger partial charge on any atom is -0.310 e. The molecular weight excluding hydrogens is 304 g/mol. The molecule has 1 aliphatic heterocycles. The number of aromatic nitrogens is 1. The van der Waals surface area contributed by atoms with E-state index in [0.29, 0.717) is 6.04 Å². The largest absolute Gasteiger partial charge is 0.310 e. The maximum Gasteiger partial charge on any atom is 0.0425 e. The molecule has 1 aliphatic rings. The van der Waals surface area contributed by atoms with Crippen molar-refractivity contribution in [3.05, 3.63) is 96.3 Å². The number of rotatable bonds is 4. The van der Waals surface area contributed by atoms with E-state index < -0.39 is 0 Å². The predicted molar refractivity (Wildman–Crippen MR) is 104 cm³/mol. The van der Waals surface area contributed by atoms with Gasteiger partial charge in [-0.1, -0.05) is 66.7 Å². The monoisotopic (exact) mass is 326 g/mol. The smallest absolute Gasteiger partial charge is 0.0425 e. The molecule has 1 N–H and O–H groups in total. The van der Waals surface area contributed by atoms with Crippen LogP contribution in [0, 0.1) is 0 Å². The summed E-state index contributed by atoms with van der Waals surface area (Å²) in [5.74, 6) is 0. The third kappa shape index (κ3) is 3.86. The molecule has 0 radical (unpaired) electrons. The molecule has 2 aromatic carbocycles. The van der Waals surface area contributed by atoms with Gasteiger partial charge in [-0.2, -0.15) is 0 Å². The van der Waals surface area contributed by atoms with E-state index in [4.69, 9.17) is 0 Å². The lowest BCUT2D eigenvalue weighted by Gasteiger charge is -2.24. The second-order valence-corrected chi connectivity index (χ2v) is 6.51. The molecule has 0 saturated carbocycles. The Bertz CT molecular complexity index is 854. The maximum atomic E-state index is 4.60. The first kappa shape index (κ1) is 15.8. The van der Waals surface area contributed by atoms with E-state index in [2.05, 4.69) is 89.2 Å². The topological polar surface area (TPSA) is 24.9 Å². The van der Waals surface area contributed by atoms with Gasteiger partial charge < -0.3 is 5.32 Å². The summed E-state index contributed by atoms with van der Waals surface area (Å²) >= 11 is 0. The van der Waals surface area contributed by atoms with Crippen molar-refractivity contribution in [1.82, 2.24) is 10.3 Å². The summed E-state index contributed by atoms with van der Waals surface area (Å²) in [6, 6.07) is 25.9. The minimum absolute atomic E-state index is 0.429. The molecular formula is C23H22N2. The van der Waals surface area contributed by atoms with E-state index in [1.807, 2.05) is 6.20 Å². The number of nitrogens with one attached hydrogen (secondary N) is 1. The lowest BCUT2D eigenvalue weighted by Crippen LogP contribution is -2.34. The summed E-state index contributed by atoms with van der Waals surface area (Å²) in [5.41, 5.74) is 6.39. The molecule has 2 nitrogen and oxygen atoms in total. The third-order valence-electron chi connectivity index (χ3n) is 4.75. The predicted octanol–water partition coefficient (Wildman–Crippen LogP) is 4.74. The highest BCUT2D eigenvalue weighted by molar-refractivity contribution is 5.67. The quantitative estimate of drug-likeness (QED) is 0.749. The van der Waals surface area contributed by atoms with Crippen LogP contribution in [0.4, 0.5) is 0 Å². The van der Waals surface area contributed by atoms with Gasteiger partial charge in [0, 0.05) is 30.9 Å². The molecule has 4 rings (SSSR count). The highest BCUT2D eigenvalue weighted by Gasteiger charge is 2.17. The van der Waals surface area contributed by atoms with Gasteiger partial charge in [-0.05, 0) is 40.8 Å². The van der Waals surface area contributed by atoms with Gasteiger partial charge in [0.15, 0.2) is 0 Å². The highest BCUT2D eigenvalue weighted by Crippen LogP contribution is 2.25. The Hall–Kier alpha value is -2.71. The summed E-state index contributed by atoms with van der Waals surface area (Å²) in [6.07, 6.45) is 6.22. The summed E-state index contributed by atoms with van der Waals surface area (Å²) in [7, 11) is 0. The second kappa shape index (κ2) is 7.45. The zero-order chi connectivity index (χ0) is 16.9. The number of nitrogens with zero attached hydrogens (tertiary/aromatic N) is 1. The molecule has 1 atom stereocenters. The third-order valence-corrected chi connectivity index (χ3v) is 4.75. The normalized spacial score (nSPS) is 17.1. The molecule has 0 spiro atoms. The fraction of sp³-hybridized carbons (Fsp3) is 0.174. The number of pyridine rings is 1. The Morgan fingerprint density at radius 2 is 1.56 bits per heavy atom. The van der Waals surface area contributed by atoms with Gasteiger partial charge in [0.25, 0.3) is 0 Å². The average molecular weight is 326 g/mol. The average Bonchev–Trinajstić information content (AvgIpc) is 2.70. The van der Waals surface area contributed by atoms with E-state index in [1.54, 1.807) is 0 Å². The Labute approximate surface area is 149 Å². The van der Waals surface area contributed by atoms with Crippen LogP contribution in [0.2, 0.25) is 0 Å². The van der Waals surface area contributed by atoms with Gasteiger partial charge in [-0.3, -0.25) is 4.98 Å². The lowest BCUT2D eigenvalue weighted by molar-refractivity contribution is 0.528. The van der Waals surface area contributed by atoms with E-state index in [-0.39, 0.29) is 0 Å². The molecule has 0 saturated heterocycles. The SMILES string of the molecule is C1=C(c2ccccc2)CC(Cc2cc(-c3ccccc3)ccn2)NC1. The van der Waals surface area contributed by atoms with Crippen LogP contribution >= 0.6 is 0 Å². The summed E-state index contributed by atoms with van der Waals surface area (Å²) in [5, 5.41) is 3.61. The van der Waals surface area contributed by atoms with Gasteiger partial charge >= 0.3 is 0 Å². The van der Waals surface area contributed by atoms with Crippen molar-refractivity contribution in [2.45, 2.75) is 18.9 Å². The Morgan fingerprint density at radius 1 is 0.840 bits per heavy atom. The van der Waals surface area contributed by atoms with Crippen molar-refractivity contribution in [3.8, 4) is 11.1 Å². The van der Waals surface area contributed by atoms with E-state index in [9.17, 15) is 0 Å². The molecule has 124 valence electrons. The van der Waals surface area contributed by atoms with Crippen molar-refractivity contribution in [2.75, 3.05) is 6.54 Å². The van der Waals surface area contributed by atoms with E-state index >= 15 is 0 Å². The molecule has 1 aromatic heterocycles. The van der Waals surface area contributed by atoms with Crippen LogP contribution in [-0.2, 0) is 6.42 Å². The maximum absolute atomic E-state index is 4.60. The van der Waals surface area contributed by atoms with Gasteiger partial charge in [-0.15, -0.1) is 0 Å². The van der Waals surface area contributed by atoms with Crippen LogP contribution in [0.3, 0.4) is 0 Å². The van der Waals surface area contributed by atoms with E-state index in [1.165, 1.54) is 22.3 Å². The zero-order valence-electron chi connectivity index (χ0n) is 14.2. The molecule has 25 heavy (non-hydrogen) atoms. The summed E-state index contributed by atoms with van der Waals surface area (Å²) in [6.45, 7) is 0.924. The molecule has 0 fully saturated rings. The summed E-state index contributed by atoms with van der Waals surface area (Å²) in [4.78, 5) is 4.60. The fourth-order valence-electron chi connectivity index (χ4n) is 3.45. The Morgan fingerprint density at radius 3 is 2.32 bits per heavy atom. The van der Waals surface area contributed by atoms with Crippen LogP contribution in [0.15, 0.2) is 85.1 Å². The minimum atomic E-state index is 0.429. The van der Waals surface area contributed by atoms with Crippen LogP contribution in [-0.4, -0.2) is 17.6 Å². The summed E-state index contributed by atoms with van der Waals surface area (Å²) < 4.78 is 0. The zero-order valence-corrected chi connectivity index (χ0v) is 14.2. The first-order valence-corrected chi connectivity index (χ1v) is 8.87. The van der Waals surface area contributed by atoms with Crippen molar-refractivity contribution in [1.29, 1.82) is 0 Å². The Kier molecular flexibility index (Phi) is 4.71. The van der Waals surface area contributed by atoms with Crippen LogP contribution < -0.4 is 5.32 Å². The van der Waals surface area contributed by atoms with Crippen molar-refractivity contribution in [3.63, 3.8) is 0 Å². The van der Waals surface area contributed by atoms with Crippen LogP contribution in [0.1, 0.15) is 17.7 Å². The van der Waals surface area contributed by atoms with Gasteiger partial charge in [0.2, 0.25) is 0 Å². The molecule has 0 amide bonds. The molecule has 2 heterocycles. The molecule has 3 aromatic rings. The fourth-order valence-corrected chi connectivity index (χ4v) is 3.45. The number of hydrogen-bond acceptors (Lipinski definition) is 2. The van der Waals surface area contributed by atoms with Gasteiger partial charge in [0.05, 0.1) is 0 Å². The van der Waals surface area contributed by atoms with E-state index in [0.717, 1.165) is 25.1 Å². The molecule has 0 bridgehead atoms. The number of hydrogen-bond donors (Lipinski definition) is 1. The Balaban J connectivity index is 1.49. The second-order valence-electron chi connectivity index (χ2n) is 6.51. The van der Waals surface area contributed by atoms with Crippen LogP contribution in [0.5, 0.6) is 0 Å². The number of benzene rings is 2. The van der Waals surface area contributed by atoms with Crippen molar-refractivity contribution >= 4 is 5.57 Å². The molecule has 0 aliphatic carbocycles.